The first-order valence-corrected chi connectivity index (χ1v) is 7.81. The Morgan fingerprint density at radius 2 is 2.21 bits per heavy atom. The topological polar surface area (TPSA) is 114 Å². The standard InChI is InChI=1S/C9H15BrN4O4S/c1-6(4-3-5-7(15)16)12-19(17,18)9-8(10)11-13-14(9)2/h6,12H,3-5H2,1-2H3,(H,15,16). The number of carboxylic acid groups (broad SMARTS) is 1. The number of carbonyl (C=O) groups is 1. The molecule has 1 unspecified atom stereocenters. The molecule has 1 aromatic rings. The fraction of sp³-hybridized carbons (Fsp3) is 0.667. The summed E-state index contributed by atoms with van der Waals surface area (Å²) in [7, 11) is -2.26. The van der Waals surface area contributed by atoms with Crippen LogP contribution in [-0.2, 0) is 21.9 Å². The number of nitrogens with one attached hydrogen (secondary N) is 1. The lowest BCUT2D eigenvalue weighted by Crippen LogP contribution is -2.34. The maximum atomic E-state index is 12.1. The summed E-state index contributed by atoms with van der Waals surface area (Å²) in [6.45, 7) is 1.68. The Morgan fingerprint density at radius 1 is 1.58 bits per heavy atom. The summed E-state index contributed by atoms with van der Waals surface area (Å²) >= 11 is 3.02. The Labute approximate surface area is 119 Å². The molecule has 8 nitrogen and oxygen atoms in total. The van der Waals surface area contributed by atoms with Crippen LogP contribution in [-0.4, -0.2) is 40.5 Å². The van der Waals surface area contributed by atoms with Crippen LogP contribution in [0.1, 0.15) is 26.2 Å². The molecular weight excluding hydrogens is 340 g/mol. The van der Waals surface area contributed by atoms with Crippen LogP contribution in [0.15, 0.2) is 9.63 Å². The van der Waals surface area contributed by atoms with Crippen molar-refractivity contribution in [2.75, 3.05) is 0 Å². The molecule has 10 heteroatoms. The molecule has 1 rings (SSSR count). The molecule has 0 aliphatic heterocycles. The van der Waals surface area contributed by atoms with E-state index in [4.69, 9.17) is 5.11 Å². The van der Waals surface area contributed by atoms with E-state index in [1.165, 1.54) is 7.05 Å². The summed E-state index contributed by atoms with van der Waals surface area (Å²) in [5.41, 5.74) is 0. The van der Waals surface area contributed by atoms with Gasteiger partial charge >= 0.3 is 5.97 Å². The van der Waals surface area contributed by atoms with Gasteiger partial charge in [0.25, 0.3) is 10.0 Å². The van der Waals surface area contributed by atoms with E-state index in [-0.39, 0.29) is 22.1 Å². The number of rotatable bonds is 7. The zero-order valence-electron chi connectivity index (χ0n) is 10.5. The van der Waals surface area contributed by atoms with E-state index in [0.29, 0.717) is 12.8 Å². The molecule has 108 valence electrons. The smallest absolute Gasteiger partial charge is 0.303 e. The van der Waals surface area contributed by atoms with Crippen LogP contribution >= 0.6 is 15.9 Å². The van der Waals surface area contributed by atoms with Gasteiger partial charge in [-0.2, -0.15) is 0 Å². The molecule has 0 amide bonds. The van der Waals surface area contributed by atoms with Crippen molar-refractivity contribution in [3.8, 4) is 0 Å². The Morgan fingerprint density at radius 3 is 2.68 bits per heavy atom. The first kappa shape index (κ1) is 16.1. The highest BCUT2D eigenvalue weighted by atomic mass is 79.9. The van der Waals surface area contributed by atoms with Gasteiger partial charge in [0.1, 0.15) is 0 Å². The van der Waals surface area contributed by atoms with Crippen molar-refractivity contribution in [3.05, 3.63) is 4.60 Å². The molecule has 0 bridgehead atoms. The largest absolute Gasteiger partial charge is 0.481 e. The highest BCUT2D eigenvalue weighted by Crippen LogP contribution is 2.18. The van der Waals surface area contributed by atoms with Gasteiger partial charge in [-0.05, 0) is 35.7 Å². The zero-order chi connectivity index (χ0) is 14.6. The van der Waals surface area contributed by atoms with Crippen LogP contribution in [0.25, 0.3) is 0 Å². The summed E-state index contributed by atoms with van der Waals surface area (Å²) in [4.78, 5) is 10.4. The monoisotopic (exact) mass is 354 g/mol. The number of hydrogen-bond acceptors (Lipinski definition) is 5. The quantitative estimate of drug-likeness (QED) is 0.736. The van der Waals surface area contributed by atoms with E-state index in [1.54, 1.807) is 6.92 Å². The molecule has 0 aliphatic rings. The highest BCUT2D eigenvalue weighted by Gasteiger charge is 2.25. The number of sulfonamides is 1. The number of carboxylic acids is 1. The number of halogens is 1. The van der Waals surface area contributed by atoms with Crippen molar-refractivity contribution in [3.63, 3.8) is 0 Å². The number of aryl methyl sites for hydroxylation is 1. The van der Waals surface area contributed by atoms with Crippen LogP contribution in [0, 0.1) is 0 Å². The highest BCUT2D eigenvalue weighted by molar-refractivity contribution is 9.10. The molecule has 1 heterocycles. The zero-order valence-corrected chi connectivity index (χ0v) is 12.9. The minimum atomic E-state index is -3.73. The third-order valence-corrected chi connectivity index (χ3v) is 4.85. The van der Waals surface area contributed by atoms with E-state index in [1.807, 2.05) is 0 Å². The van der Waals surface area contributed by atoms with Gasteiger partial charge in [0.2, 0.25) is 5.03 Å². The minimum absolute atomic E-state index is 0.0169. The molecule has 1 atom stereocenters. The van der Waals surface area contributed by atoms with Gasteiger partial charge < -0.3 is 5.11 Å². The fourth-order valence-corrected chi connectivity index (χ4v) is 3.92. The molecule has 0 aliphatic carbocycles. The molecule has 0 saturated carbocycles. The van der Waals surface area contributed by atoms with Gasteiger partial charge in [0.15, 0.2) is 4.60 Å². The summed E-state index contributed by atoms with van der Waals surface area (Å²) in [5, 5.41) is 15.7. The second kappa shape index (κ2) is 6.44. The number of nitrogens with zero attached hydrogens (tertiary/aromatic N) is 3. The predicted molar refractivity (Wildman–Crippen MR) is 70.0 cm³/mol. The van der Waals surface area contributed by atoms with Crippen LogP contribution in [0.5, 0.6) is 0 Å². The van der Waals surface area contributed by atoms with Gasteiger partial charge in [-0.3, -0.25) is 4.79 Å². The van der Waals surface area contributed by atoms with E-state index in [0.717, 1.165) is 4.68 Å². The summed E-state index contributed by atoms with van der Waals surface area (Å²) in [6, 6.07) is -0.369. The molecule has 2 N–H and O–H groups in total. The Bertz CT molecular complexity index is 537. The van der Waals surface area contributed by atoms with Gasteiger partial charge in [-0.15, -0.1) is 5.10 Å². The van der Waals surface area contributed by atoms with Gasteiger partial charge in [0, 0.05) is 19.5 Å². The second-order valence-electron chi connectivity index (χ2n) is 4.12. The molecule has 0 spiro atoms. The molecule has 0 fully saturated rings. The maximum absolute atomic E-state index is 12.1. The first-order valence-electron chi connectivity index (χ1n) is 5.53. The molecule has 0 saturated heterocycles. The van der Waals surface area contributed by atoms with Crippen molar-refractivity contribution >= 4 is 31.9 Å². The average molecular weight is 355 g/mol. The SMILES string of the molecule is CC(CCCC(=O)O)NS(=O)(=O)c1c(Br)nnn1C. The van der Waals surface area contributed by atoms with Crippen molar-refractivity contribution in [1.82, 2.24) is 19.7 Å². The lowest BCUT2D eigenvalue weighted by molar-refractivity contribution is -0.137. The van der Waals surface area contributed by atoms with Crippen molar-refractivity contribution in [2.24, 2.45) is 7.05 Å². The maximum Gasteiger partial charge on any atom is 0.303 e. The summed E-state index contributed by atoms with van der Waals surface area (Å²) in [5.74, 6) is -0.895. The molecule has 19 heavy (non-hydrogen) atoms. The Balaban J connectivity index is 2.67. The van der Waals surface area contributed by atoms with Crippen LogP contribution < -0.4 is 4.72 Å². The molecular formula is C9H15BrN4O4S. The molecule has 0 radical (unpaired) electrons. The summed E-state index contributed by atoms with van der Waals surface area (Å²) < 4.78 is 27.9. The van der Waals surface area contributed by atoms with Crippen LogP contribution in [0.4, 0.5) is 0 Å². The van der Waals surface area contributed by atoms with Crippen molar-refractivity contribution in [1.29, 1.82) is 0 Å². The van der Waals surface area contributed by atoms with Gasteiger partial charge in [0.05, 0.1) is 0 Å². The van der Waals surface area contributed by atoms with Crippen molar-refractivity contribution < 1.29 is 18.3 Å². The lowest BCUT2D eigenvalue weighted by atomic mass is 10.1. The van der Waals surface area contributed by atoms with Gasteiger partial charge in [-0.1, -0.05) is 5.21 Å². The van der Waals surface area contributed by atoms with E-state index in [2.05, 4.69) is 31.0 Å². The Hall–Kier alpha value is -1.00. The van der Waals surface area contributed by atoms with E-state index >= 15 is 0 Å². The third-order valence-electron chi connectivity index (χ3n) is 2.38. The summed E-state index contributed by atoms with van der Waals surface area (Å²) in [6.07, 6.45) is 0.862. The average Bonchev–Trinajstić information content (AvgIpc) is 2.57. The lowest BCUT2D eigenvalue weighted by Gasteiger charge is -2.13. The molecule has 0 aromatic carbocycles. The van der Waals surface area contributed by atoms with Crippen LogP contribution in [0.3, 0.4) is 0 Å². The minimum Gasteiger partial charge on any atom is -0.481 e. The van der Waals surface area contributed by atoms with Gasteiger partial charge in [-0.25, -0.2) is 17.8 Å². The normalized spacial score (nSPS) is 13.4. The van der Waals surface area contributed by atoms with E-state index in [9.17, 15) is 13.2 Å². The Kier molecular flexibility index (Phi) is 5.44. The van der Waals surface area contributed by atoms with E-state index < -0.39 is 16.0 Å². The van der Waals surface area contributed by atoms with Crippen LogP contribution in [0.2, 0.25) is 0 Å². The first-order chi connectivity index (χ1) is 8.74. The fourth-order valence-electron chi connectivity index (χ4n) is 1.55. The predicted octanol–water partition coefficient (Wildman–Crippen LogP) is 0.499. The number of aliphatic carboxylic acids is 1. The second-order valence-corrected chi connectivity index (χ2v) is 6.50. The molecule has 1 aromatic heterocycles. The number of hydrogen-bond donors (Lipinski definition) is 2. The van der Waals surface area contributed by atoms with Crippen molar-refractivity contribution in [2.45, 2.75) is 37.3 Å². The third kappa shape index (κ3) is 4.55. The number of aromatic nitrogens is 3.